The van der Waals surface area contributed by atoms with E-state index in [0.29, 0.717) is 51.5 Å². The van der Waals surface area contributed by atoms with Crippen molar-refractivity contribution in [2.75, 3.05) is 19.7 Å². The molecule has 4 aliphatic rings. The Morgan fingerprint density at radius 1 is 1.27 bits per heavy atom. The smallest absolute Gasteiger partial charge is 0.387 e. The SMILES string of the molecule is FC(F)Oc1cccc2c1CCC21Cc2nc(OC[C@@]34CCCN3C[C@H](F)C4)ncc2CO1. The molecule has 9 heteroatoms. The zero-order valence-electron chi connectivity index (χ0n) is 18.2. The van der Waals surface area contributed by atoms with Gasteiger partial charge in [-0.25, -0.2) is 9.37 Å². The van der Waals surface area contributed by atoms with Gasteiger partial charge in [0.2, 0.25) is 0 Å². The summed E-state index contributed by atoms with van der Waals surface area (Å²) in [7, 11) is 0. The second-order valence-electron chi connectivity index (χ2n) is 9.61. The molecule has 176 valence electrons. The molecule has 2 fully saturated rings. The van der Waals surface area contributed by atoms with E-state index in [4.69, 9.17) is 14.2 Å². The minimum atomic E-state index is -2.86. The number of ether oxygens (including phenoxy) is 3. The van der Waals surface area contributed by atoms with Crippen molar-refractivity contribution in [3.8, 4) is 11.8 Å². The van der Waals surface area contributed by atoms with Crippen molar-refractivity contribution in [1.29, 1.82) is 0 Å². The molecule has 33 heavy (non-hydrogen) atoms. The Bertz CT molecular complexity index is 1070. The molecule has 1 aromatic carbocycles. The number of hydrogen-bond donors (Lipinski definition) is 0. The first kappa shape index (κ1) is 21.2. The van der Waals surface area contributed by atoms with Gasteiger partial charge in [-0.15, -0.1) is 0 Å². The second kappa shape index (κ2) is 7.84. The summed E-state index contributed by atoms with van der Waals surface area (Å²) in [5.41, 5.74) is 2.52. The van der Waals surface area contributed by atoms with E-state index in [-0.39, 0.29) is 11.3 Å². The molecule has 4 heterocycles. The Hall–Kier alpha value is -2.39. The summed E-state index contributed by atoms with van der Waals surface area (Å²) < 4.78 is 56.8. The Morgan fingerprint density at radius 3 is 3.06 bits per heavy atom. The van der Waals surface area contributed by atoms with Gasteiger partial charge in [0, 0.05) is 36.7 Å². The van der Waals surface area contributed by atoms with Gasteiger partial charge in [-0.2, -0.15) is 13.8 Å². The van der Waals surface area contributed by atoms with Gasteiger partial charge in [0.15, 0.2) is 0 Å². The summed E-state index contributed by atoms with van der Waals surface area (Å²) in [4.78, 5) is 11.3. The van der Waals surface area contributed by atoms with Crippen LogP contribution in [0.2, 0.25) is 0 Å². The lowest BCUT2D eigenvalue weighted by Gasteiger charge is -2.35. The predicted octanol–water partition coefficient (Wildman–Crippen LogP) is 3.95. The topological polar surface area (TPSA) is 56.7 Å². The van der Waals surface area contributed by atoms with E-state index in [1.807, 2.05) is 6.07 Å². The number of benzene rings is 1. The Morgan fingerprint density at radius 2 is 2.18 bits per heavy atom. The van der Waals surface area contributed by atoms with E-state index >= 15 is 0 Å². The summed E-state index contributed by atoms with van der Waals surface area (Å²) in [5.74, 6) is 0.212. The standard InChI is InChI=1S/C24H26F3N3O3/c25-16-9-23(6-2-8-30(23)12-16)14-31-22-28-11-15-13-32-24(10-19(15)29-22)7-5-17-18(24)3-1-4-20(17)33-21(26)27/h1,3-4,11,16,21H,2,5-10,12-14H2/t16-,23+,24?/m1/s1. The largest absolute Gasteiger partial charge is 0.461 e. The summed E-state index contributed by atoms with van der Waals surface area (Å²) in [6.45, 7) is -0.756. The van der Waals surface area contributed by atoms with Gasteiger partial charge < -0.3 is 14.2 Å². The molecule has 0 amide bonds. The van der Waals surface area contributed by atoms with Crippen LogP contribution in [0.5, 0.6) is 11.8 Å². The molecule has 0 radical (unpaired) electrons. The van der Waals surface area contributed by atoms with Gasteiger partial charge in [0.1, 0.15) is 18.5 Å². The molecule has 6 nitrogen and oxygen atoms in total. The fourth-order valence-corrected chi connectivity index (χ4v) is 6.20. The number of aromatic nitrogens is 2. The molecule has 2 aromatic rings. The fourth-order valence-electron chi connectivity index (χ4n) is 6.20. The summed E-state index contributed by atoms with van der Waals surface area (Å²) in [6, 6.07) is 5.52. The minimum absolute atomic E-state index is 0.212. The molecule has 3 aliphatic heterocycles. The molecular weight excluding hydrogens is 435 g/mol. The third-order valence-corrected chi connectivity index (χ3v) is 7.74. The second-order valence-corrected chi connectivity index (χ2v) is 9.61. The zero-order valence-corrected chi connectivity index (χ0v) is 18.2. The van der Waals surface area contributed by atoms with Crippen LogP contribution in [0.3, 0.4) is 0 Å². The summed E-state index contributed by atoms with van der Waals surface area (Å²) >= 11 is 0. The number of hydrogen-bond acceptors (Lipinski definition) is 6. The van der Waals surface area contributed by atoms with Gasteiger partial charge in [-0.05, 0) is 43.9 Å². The van der Waals surface area contributed by atoms with E-state index in [9.17, 15) is 13.2 Å². The Balaban J connectivity index is 1.23. The van der Waals surface area contributed by atoms with Gasteiger partial charge in [0.25, 0.3) is 0 Å². The number of nitrogens with zero attached hydrogens (tertiary/aromatic N) is 3. The van der Waals surface area contributed by atoms with Crippen LogP contribution in [-0.4, -0.2) is 52.9 Å². The van der Waals surface area contributed by atoms with E-state index < -0.39 is 18.4 Å². The molecule has 6 rings (SSSR count). The lowest BCUT2D eigenvalue weighted by Crippen LogP contribution is -2.43. The first-order valence-corrected chi connectivity index (χ1v) is 11.5. The zero-order chi connectivity index (χ0) is 22.6. The maximum absolute atomic E-state index is 14.0. The Kier molecular flexibility index (Phi) is 5.03. The molecule has 1 spiro atoms. The van der Waals surface area contributed by atoms with Crippen LogP contribution in [0.15, 0.2) is 24.4 Å². The fraction of sp³-hybridized carbons (Fsp3) is 0.583. The van der Waals surface area contributed by atoms with Crippen molar-refractivity contribution in [1.82, 2.24) is 14.9 Å². The van der Waals surface area contributed by atoms with E-state index in [0.717, 1.165) is 41.8 Å². The number of rotatable bonds is 5. The molecule has 1 aliphatic carbocycles. The maximum Gasteiger partial charge on any atom is 0.387 e. The lowest BCUT2D eigenvalue weighted by atomic mass is 9.87. The molecule has 0 N–H and O–H groups in total. The Labute approximate surface area is 190 Å². The van der Waals surface area contributed by atoms with Crippen LogP contribution in [0.25, 0.3) is 0 Å². The van der Waals surface area contributed by atoms with Crippen molar-refractivity contribution in [3.63, 3.8) is 0 Å². The molecule has 2 saturated heterocycles. The quantitative estimate of drug-likeness (QED) is 0.672. The monoisotopic (exact) mass is 461 g/mol. The van der Waals surface area contributed by atoms with Crippen molar-refractivity contribution >= 4 is 0 Å². The summed E-state index contributed by atoms with van der Waals surface area (Å²) in [5, 5.41) is 0. The van der Waals surface area contributed by atoms with Gasteiger partial charge >= 0.3 is 12.6 Å². The van der Waals surface area contributed by atoms with Crippen molar-refractivity contribution < 1.29 is 27.4 Å². The third-order valence-electron chi connectivity index (χ3n) is 7.74. The third kappa shape index (κ3) is 3.56. The van der Waals surface area contributed by atoms with Crippen molar-refractivity contribution in [3.05, 3.63) is 46.8 Å². The van der Waals surface area contributed by atoms with Crippen LogP contribution in [-0.2, 0) is 29.8 Å². The van der Waals surface area contributed by atoms with Crippen LogP contribution >= 0.6 is 0 Å². The highest BCUT2D eigenvalue weighted by Gasteiger charge is 2.49. The molecule has 1 aromatic heterocycles. The molecular formula is C24H26F3N3O3. The van der Waals surface area contributed by atoms with Gasteiger partial charge in [-0.1, -0.05) is 12.1 Å². The van der Waals surface area contributed by atoms with Crippen molar-refractivity contribution in [2.45, 2.75) is 69.1 Å². The number of alkyl halides is 3. The van der Waals surface area contributed by atoms with Gasteiger partial charge in [0.05, 0.1) is 23.4 Å². The van der Waals surface area contributed by atoms with E-state index in [2.05, 4.69) is 14.9 Å². The first-order valence-electron chi connectivity index (χ1n) is 11.5. The summed E-state index contributed by atoms with van der Waals surface area (Å²) in [6.07, 6.45) is 5.17. The normalized spacial score (nSPS) is 30.5. The number of halogens is 3. The van der Waals surface area contributed by atoms with Crippen LogP contribution < -0.4 is 9.47 Å². The highest BCUT2D eigenvalue weighted by molar-refractivity contribution is 5.48. The molecule has 0 bridgehead atoms. The molecule has 1 unspecified atom stereocenters. The van der Waals surface area contributed by atoms with Gasteiger partial charge in [-0.3, -0.25) is 4.90 Å². The van der Waals surface area contributed by atoms with E-state index in [1.165, 1.54) is 0 Å². The molecule has 3 atom stereocenters. The molecule has 0 saturated carbocycles. The van der Waals surface area contributed by atoms with Crippen LogP contribution in [0, 0.1) is 0 Å². The highest BCUT2D eigenvalue weighted by Crippen LogP contribution is 2.48. The lowest BCUT2D eigenvalue weighted by molar-refractivity contribution is -0.0734. The van der Waals surface area contributed by atoms with Crippen molar-refractivity contribution in [2.24, 2.45) is 0 Å². The van der Waals surface area contributed by atoms with E-state index in [1.54, 1.807) is 18.3 Å². The van der Waals surface area contributed by atoms with Crippen LogP contribution in [0.4, 0.5) is 13.2 Å². The maximum atomic E-state index is 14.0. The average Bonchev–Trinajstić information content (AvgIpc) is 3.43. The predicted molar refractivity (Wildman–Crippen MR) is 112 cm³/mol. The number of fused-ring (bicyclic) bond motifs is 4. The minimum Gasteiger partial charge on any atom is -0.461 e. The highest BCUT2D eigenvalue weighted by atomic mass is 19.3. The average molecular weight is 461 g/mol. The first-order chi connectivity index (χ1) is 16.0. The van der Waals surface area contributed by atoms with Crippen LogP contribution in [0.1, 0.15) is 48.1 Å².